The Kier molecular flexibility index (Phi) is 2.52. The molecule has 0 spiro atoms. The Morgan fingerprint density at radius 1 is 1.35 bits per heavy atom. The summed E-state index contributed by atoms with van der Waals surface area (Å²) in [6, 6.07) is 0. The number of hydrogen-bond acceptors (Lipinski definition) is 5. The lowest BCUT2D eigenvalue weighted by molar-refractivity contribution is 0.122. The van der Waals surface area contributed by atoms with Crippen molar-refractivity contribution in [1.82, 2.24) is 25.0 Å². The molecule has 7 heteroatoms. The first-order valence-corrected chi connectivity index (χ1v) is 5.57. The SMILES string of the molecule is Cn1cc(-c2nc(N3CCOCC3)n[nH]2)cn1. The second kappa shape index (κ2) is 4.17. The Bertz CT molecular complexity index is 498. The smallest absolute Gasteiger partial charge is 0.245 e. The number of morpholine rings is 1. The minimum absolute atomic E-state index is 0.729. The van der Waals surface area contributed by atoms with Crippen molar-refractivity contribution < 1.29 is 4.74 Å². The van der Waals surface area contributed by atoms with Crippen LogP contribution in [0.25, 0.3) is 11.4 Å². The van der Waals surface area contributed by atoms with Crippen LogP contribution in [-0.4, -0.2) is 51.3 Å². The number of aryl methyl sites for hydroxylation is 1. The zero-order valence-corrected chi connectivity index (χ0v) is 9.63. The minimum Gasteiger partial charge on any atom is -0.378 e. The van der Waals surface area contributed by atoms with Gasteiger partial charge in [-0.1, -0.05) is 0 Å². The van der Waals surface area contributed by atoms with Crippen LogP contribution in [-0.2, 0) is 11.8 Å². The summed E-state index contributed by atoms with van der Waals surface area (Å²) in [5.41, 5.74) is 0.944. The molecule has 0 unspecified atom stereocenters. The van der Waals surface area contributed by atoms with E-state index in [-0.39, 0.29) is 0 Å². The zero-order valence-electron chi connectivity index (χ0n) is 9.63. The third-order valence-corrected chi connectivity index (χ3v) is 2.75. The van der Waals surface area contributed by atoms with Crippen LogP contribution >= 0.6 is 0 Å². The van der Waals surface area contributed by atoms with Gasteiger partial charge in [-0.15, -0.1) is 5.10 Å². The first-order chi connectivity index (χ1) is 8.33. The lowest BCUT2D eigenvalue weighted by atomic mass is 10.3. The summed E-state index contributed by atoms with van der Waals surface area (Å²) >= 11 is 0. The summed E-state index contributed by atoms with van der Waals surface area (Å²) < 4.78 is 7.04. The van der Waals surface area contributed by atoms with E-state index in [9.17, 15) is 0 Å². The van der Waals surface area contributed by atoms with Crippen LogP contribution in [0.1, 0.15) is 0 Å². The maximum absolute atomic E-state index is 5.30. The molecular formula is C10H14N6O. The fourth-order valence-electron chi connectivity index (χ4n) is 1.83. The zero-order chi connectivity index (χ0) is 11.7. The molecule has 7 nitrogen and oxygen atoms in total. The van der Waals surface area contributed by atoms with Gasteiger partial charge < -0.3 is 9.64 Å². The van der Waals surface area contributed by atoms with Gasteiger partial charge in [0.15, 0.2) is 5.82 Å². The van der Waals surface area contributed by atoms with E-state index in [1.54, 1.807) is 10.9 Å². The van der Waals surface area contributed by atoms with Gasteiger partial charge in [-0.25, -0.2) is 0 Å². The molecule has 1 aliphatic rings. The standard InChI is InChI=1S/C10H14N6O/c1-15-7-8(6-11-15)9-12-10(14-13-9)16-2-4-17-5-3-16/h6-7H,2-5H2,1H3,(H,12,13,14). The summed E-state index contributed by atoms with van der Waals surface area (Å²) in [5.74, 6) is 1.48. The largest absolute Gasteiger partial charge is 0.378 e. The van der Waals surface area contributed by atoms with Gasteiger partial charge >= 0.3 is 0 Å². The molecule has 0 saturated carbocycles. The van der Waals surface area contributed by atoms with Crippen LogP contribution in [0.2, 0.25) is 0 Å². The molecular weight excluding hydrogens is 220 g/mol. The van der Waals surface area contributed by atoms with Crippen molar-refractivity contribution in [1.29, 1.82) is 0 Å². The highest BCUT2D eigenvalue weighted by Crippen LogP contribution is 2.17. The second-order valence-corrected chi connectivity index (χ2v) is 3.99. The van der Waals surface area contributed by atoms with Gasteiger partial charge in [-0.05, 0) is 0 Å². The molecule has 0 radical (unpaired) electrons. The Morgan fingerprint density at radius 3 is 2.88 bits per heavy atom. The quantitative estimate of drug-likeness (QED) is 0.794. The summed E-state index contributed by atoms with van der Waals surface area (Å²) in [7, 11) is 1.88. The van der Waals surface area contributed by atoms with Gasteiger partial charge in [0.2, 0.25) is 5.95 Å². The van der Waals surface area contributed by atoms with Crippen LogP contribution in [0.5, 0.6) is 0 Å². The van der Waals surface area contributed by atoms with Crippen molar-refractivity contribution in [3.63, 3.8) is 0 Å². The van der Waals surface area contributed by atoms with E-state index in [0.717, 1.165) is 43.6 Å². The summed E-state index contributed by atoms with van der Waals surface area (Å²) in [6.45, 7) is 3.14. The monoisotopic (exact) mass is 234 g/mol. The van der Waals surface area contributed by atoms with E-state index in [1.807, 2.05) is 13.2 Å². The molecule has 1 fully saturated rings. The molecule has 2 aromatic rings. The maximum atomic E-state index is 5.30. The predicted molar refractivity (Wildman–Crippen MR) is 61.6 cm³/mol. The first kappa shape index (κ1) is 10.3. The topological polar surface area (TPSA) is 71.9 Å². The third kappa shape index (κ3) is 2.01. The fourth-order valence-corrected chi connectivity index (χ4v) is 1.83. The van der Waals surface area contributed by atoms with E-state index in [4.69, 9.17) is 4.74 Å². The van der Waals surface area contributed by atoms with Crippen LogP contribution in [0.15, 0.2) is 12.4 Å². The molecule has 17 heavy (non-hydrogen) atoms. The number of ether oxygens (including phenoxy) is 1. The molecule has 0 aromatic carbocycles. The number of H-pyrrole nitrogens is 1. The van der Waals surface area contributed by atoms with E-state index < -0.39 is 0 Å². The summed E-state index contributed by atoms with van der Waals surface area (Å²) in [5, 5.41) is 11.3. The average molecular weight is 234 g/mol. The number of nitrogens with zero attached hydrogens (tertiary/aromatic N) is 5. The molecule has 2 aromatic heterocycles. The Balaban J connectivity index is 1.82. The van der Waals surface area contributed by atoms with Crippen molar-refractivity contribution in [3.05, 3.63) is 12.4 Å². The molecule has 1 aliphatic heterocycles. The van der Waals surface area contributed by atoms with Gasteiger partial charge in [0.05, 0.1) is 25.0 Å². The van der Waals surface area contributed by atoms with E-state index in [0.29, 0.717) is 0 Å². The molecule has 3 rings (SSSR count). The van der Waals surface area contributed by atoms with Crippen molar-refractivity contribution in [2.45, 2.75) is 0 Å². The maximum Gasteiger partial charge on any atom is 0.245 e. The Hall–Kier alpha value is -1.89. The van der Waals surface area contributed by atoms with Crippen molar-refractivity contribution in [3.8, 4) is 11.4 Å². The van der Waals surface area contributed by atoms with E-state index in [1.165, 1.54) is 0 Å². The number of aromatic nitrogens is 5. The number of nitrogens with one attached hydrogen (secondary N) is 1. The van der Waals surface area contributed by atoms with Gasteiger partial charge in [0.1, 0.15) is 0 Å². The number of hydrogen-bond donors (Lipinski definition) is 1. The Morgan fingerprint density at radius 2 is 2.18 bits per heavy atom. The lowest BCUT2D eigenvalue weighted by Crippen LogP contribution is -2.36. The van der Waals surface area contributed by atoms with Crippen LogP contribution in [0, 0.1) is 0 Å². The van der Waals surface area contributed by atoms with Crippen LogP contribution < -0.4 is 4.90 Å². The molecule has 0 amide bonds. The van der Waals surface area contributed by atoms with E-state index in [2.05, 4.69) is 25.2 Å². The highest BCUT2D eigenvalue weighted by atomic mass is 16.5. The average Bonchev–Trinajstić information content (AvgIpc) is 2.98. The lowest BCUT2D eigenvalue weighted by Gasteiger charge is -2.25. The number of aromatic amines is 1. The molecule has 0 atom stereocenters. The normalized spacial score (nSPS) is 16.4. The Labute approximate surface area is 98.4 Å². The highest BCUT2D eigenvalue weighted by Gasteiger charge is 2.16. The summed E-state index contributed by atoms with van der Waals surface area (Å²) in [6.07, 6.45) is 3.67. The van der Waals surface area contributed by atoms with Crippen LogP contribution in [0.4, 0.5) is 5.95 Å². The highest BCUT2D eigenvalue weighted by molar-refractivity contribution is 5.53. The van der Waals surface area contributed by atoms with Crippen molar-refractivity contribution in [2.75, 3.05) is 31.2 Å². The van der Waals surface area contributed by atoms with Gasteiger partial charge in [-0.2, -0.15) is 10.1 Å². The molecule has 90 valence electrons. The molecule has 3 heterocycles. The molecule has 1 N–H and O–H groups in total. The number of rotatable bonds is 2. The van der Waals surface area contributed by atoms with Crippen LogP contribution in [0.3, 0.4) is 0 Å². The summed E-state index contributed by atoms with van der Waals surface area (Å²) in [4.78, 5) is 6.58. The minimum atomic E-state index is 0.729. The first-order valence-electron chi connectivity index (χ1n) is 5.57. The van der Waals surface area contributed by atoms with Gasteiger partial charge in [-0.3, -0.25) is 9.78 Å². The molecule has 0 aliphatic carbocycles. The number of anilines is 1. The fraction of sp³-hybridized carbons (Fsp3) is 0.500. The predicted octanol–water partition coefficient (Wildman–Crippen LogP) is 0.0418. The second-order valence-electron chi connectivity index (χ2n) is 3.99. The van der Waals surface area contributed by atoms with E-state index >= 15 is 0 Å². The van der Waals surface area contributed by atoms with Gasteiger partial charge in [0, 0.05) is 26.3 Å². The molecule has 1 saturated heterocycles. The van der Waals surface area contributed by atoms with Crippen molar-refractivity contribution >= 4 is 5.95 Å². The third-order valence-electron chi connectivity index (χ3n) is 2.75. The van der Waals surface area contributed by atoms with Crippen molar-refractivity contribution in [2.24, 2.45) is 7.05 Å². The molecule has 0 bridgehead atoms. The van der Waals surface area contributed by atoms with Gasteiger partial charge in [0.25, 0.3) is 0 Å².